The molecule has 0 atom stereocenters. The van der Waals surface area contributed by atoms with Crippen LogP contribution in [0.3, 0.4) is 0 Å². The second-order valence-corrected chi connectivity index (χ2v) is 8.21. The lowest BCUT2D eigenvalue weighted by Crippen LogP contribution is -2.42. The smallest absolute Gasteiger partial charge is 0.236 e. The molecule has 1 heterocycles. The van der Waals surface area contributed by atoms with Gasteiger partial charge in [-0.15, -0.1) is 0 Å². The molecular formula is C24H30N2O4. The lowest BCUT2D eigenvalue weighted by molar-refractivity contribution is -0.127. The number of hydrogen-bond acceptors (Lipinski definition) is 4. The van der Waals surface area contributed by atoms with Crippen LogP contribution in [0.25, 0.3) is 0 Å². The van der Waals surface area contributed by atoms with Gasteiger partial charge in [0.05, 0.1) is 18.2 Å². The van der Waals surface area contributed by atoms with Crippen molar-refractivity contribution in [2.45, 2.75) is 40.0 Å². The second-order valence-electron chi connectivity index (χ2n) is 8.21. The minimum atomic E-state index is -0.601. The van der Waals surface area contributed by atoms with Crippen LogP contribution in [0.15, 0.2) is 42.5 Å². The number of anilines is 2. The first-order chi connectivity index (χ1) is 14.3. The van der Waals surface area contributed by atoms with Crippen molar-refractivity contribution in [1.82, 2.24) is 0 Å². The van der Waals surface area contributed by atoms with E-state index in [0.29, 0.717) is 37.4 Å². The van der Waals surface area contributed by atoms with Crippen molar-refractivity contribution >= 4 is 23.2 Å². The lowest BCUT2D eigenvalue weighted by atomic mass is 9.93. The van der Waals surface area contributed by atoms with Crippen LogP contribution in [0.5, 0.6) is 11.5 Å². The summed E-state index contributed by atoms with van der Waals surface area (Å²) in [4.78, 5) is 27.1. The Morgan fingerprint density at radius 1 is 1.20 bits per heavy atom. The summed E-state index contributed by atoms with van der Waals surface area (Å²) in [6.45, 7) is 6.76. The number of nitrogens with zero attached hydrogens (tertiary/aromatic N) is 1. The highest BCUT2D eigenvalue weighted by Crippen LogP contribution is 2.38. The van der Waals surface area contributed by atoms with Crippen molar-refractivity contribution in [1.29, 1.82) is 0 Å². The van der Waals surface area contributed by atoms with E-state index in [0.717, 1.165) is 23.4 Å². The lowest BCUT2D eigenvalue weighted by Gasteiger charge is -2.27. The minimum absolute atomic E-state index is 0.0550. The summed E-state index contributed by atoms with van der Waals surface area (Å²) in [5.41, 5.74) is 1.89. The Morgan fingerprint density at radius 3 is 2.60 bits per heavy atom. The van der Waals surface area contributed by atoms with E-state index in [4.69, 9.17) is 9.47 Å². The molecule has 2 aromatic rings. The van der Waals surface area contributed by atoms with Crippen molar-refractivity contribution in [3.63, 3.8) is 0 Å². The third-order valence-corrected chi connectivity index (χ3v) is 5.19. The van der Waals surface area contributed by atoms with Crippen molar-refractivity contribution in [2.24, 2.45) is 5.41 Å². The Kier molecular flexibility index (Phi) is 6.65. The van der Waals surface area contributed by atoms with Crippen LogP contribution in [0.1, 0.15) is 39.2 Å². The summed E-state index contributed by atoms with van der Waals surface area (Å²) in [5, 5.41) is 2.94. The molecule has 0 bridgehead atoms. The van der Waals surface area contributed by atoms with Gasteiger partial charge in [-0.25, -0.2) is 0 Å². The first kappa shape index (κ1) is 21.7. The van der Waals surface area contributed by atoms with Crippen LogP contribution in [0.4, 0.5) is 11.4 Å². The van der Waals surface area contributed by atoms with E-state index in [1.807, 2.05) is 57.2 Å². The van der Waals surface area contributed by atoms with Crippen LogP contribution in [0.2, 0.25) is 0 Å². The average Bonchev–Trinajstić information content (AvgIpc) is 2.83. The number of carbonyl (C=O) groups excluding carboxylic acids is 2. The molecule has 1 N–H and O–H groups in total. The zero-order valence-electron chi connectivity index (χ0n) is 18.2. The van der Waals surface area contributed by atoms with Gasteiger partial charge in [0, 0.05) is 24.7 Å². The molecule has 6 heteroatoms. The molecule has 0 aliphatic carbocycles. The van der Waals surface area contributed by atoms with E-state index in [-0.39, 0.29) is 11.8 Å². The van der Waals surface area contributed by atoms with Crippen LogP contribution in [-0.4, -0.2) is 32.1 Å². The standard InChI is InChI=1S/C24H30N2O4/c1-5-14-26-20-12-9-18(15-21(20)30-16-24(2,3)23(26)28)25-22(27)13-8-17-6-10-19(29-4)11-7-17/h6-7,9-12,15H,5,8,13-14,16H2,1-4H3,(H,25,27). The molecule has 0 unspecified atom stereocenters. The van der Waals surface area contributed by atoms with Gasteiger partial charge in [0.1, 0.15) is 18.1 Å². The van der Waals surface area contributed by atoms with Gasteiger partial charge in [0.15, 0.2) is 0 Å². The van der Waals surface area contributed by atoms with Crippen LogP contribution < -0.4 is 19.7 Å². The number of aryl methyl sites for hydroxylation is 1. The number of benzene rings is 2. The predicted molar refractivity (Wildman–Crippen MR) is 118 cm³/mol. The number of rotatable bonds is 7. The van der Waals surface area contributed by atoms with E-state index >= 15 is 0 Å². The number of ether oxygens (including phenoxy) is 2. The normalized spacial score (nSPS) is 15.1. The Labute approximate surface area is 178 Å². The maximum atomic E-state index is 12.9. The largest absolute Gasteiger partial charge is 0.497 e. The number of nitrogens with one attached hydrogen (secondary N) is 1. The maximum absolute atomic E-state index is 12.9. The quantitative estimate of drug-likeness (QED) is 0.733. The molecule has 0 saturated heterocycles. The minimum Gasteiger partial charge on any atom is -0.497 e. The molecule has 0 spiro atoms. The summed E-state index contributed by atoms with van der Waals surface area (Å²) < 4.78 is 11.1. The molecule has 0 aromatic heterocycles. The number of carbonyl (C=O) groups is 2. The summed E-state index contributed by atoms with van der Waals surface area (Å²) in [7, 11) is 1.63. The summed E-state index contributed by atoms with van der Waals surface area (Å²) in [5.74, 6) is 1.41. The van der Waals surface area contributed by atoms with E-state index in [9.17, 15) is 9.59 Å². The highest BCUT2D eigenvalue weighted by Gasteiger charge is 2.37. The number of fused-ring (bicyclic) bond motifs is 1. The van der Waals surface area contributed by atoms with Crippen LogP contribution >= 0.6 is 0 Å². The molecule has 2 aromatic carbocycles. The summed E-state index contributed by atoms with van der Waals surface area (Å²) >= 11 is 0. The van der Waals surface area contributed by atoms with Gasteiger partial charge in [-0.2, -0.15) is 0 Å². The highest BCUT2D eigenvalue weighted by molar-refractivity contribution is 6.00. The van der Waals surface area contributed by atoms with Crippen LogP contribution in [-0.2, 0) is 16.0 Å². The molecule has 1 aliphatic rings. The monoisotopic (exact) mass is 410 g/mol. The molecule has 0 fully saturated rings. The predicted octanol–water partition coefficient (Wildman–Crippen LogP) is 4.43. The molecule has 6 nitrogen and oxygen atoms in total. The Hall–Kier alpha value is -3.02. The first-order valence-corrected chi connectivity index (χ1v) is 10.4. The first-order valence-electron chi connectivity index (χ1n) is 10.4. The van der Waals surface area contributed by atoms with E-state index in [2.05, 4.69) is 5.32 Å². The van der Waals surface area contributed by atoms with E-state index in [1.54, 1.807) is 18.1 Å². The topological polar surface area (TPSA) is 67.9 Å². The zero-order chi connectivity index (χ0) is 21.7. The van der Waals surface area contributed by atoms with E-state index < -0.39 is 5.41 Å². The Morgan fingerprint density at radius 2 is 1.93 bits per heavy atom. The van der Waals surface area contributed by atoms with Gasteiger partial charge in [0.2, 0.25) is 11.8 Å². The van der Waals surface area contributed by atoms with Gasteiger partial charge in [-0.1, -0.05) is 19.1 Å². The molecule has 0 saturated carbocycles. The number of amides is 2. The SMILES string of the molecule is CCCN1C(=O)C(C)(C)COc2cc(NC(=O)CCc3ccc(OC)cc3)ccc21. The third kappa shape index (κ3) is 4.93. The number of hydrogen-bond donors (Lipinski definition) is 1. The third-order valence-electron chi connectivity index (χ3n) is 5.19. The molecule has 1 aliphatic heterocycles. The zero-order valence-corrected chi connectivity index (χ0v) is 18.2. The fourth-order valence-electron chi connectivity index (χ4n) is 3.44. The Bertz CT molecular complexity index is 906. The van der Waals surface area contributed by atoms with Crippen molar-refractivity contribution in [3.8, 4) is 11.5 Å². The molecule has 3 rings (SSSR count). The molecule has 30 heavy (non-hydrogen) atoms. The van der Waals surface area contributed by atoms with Crippen molar-refractivity contribution in [2.75, 3.05) is 30.5 Å². The van der Waals surface area contributed by atoms with Gasteiger partial charge < -0.3 is 19.7 Å². The number of methoxy groups -OCH3 is 1. The summed E-state index contributed by atoms with van der Waals surface area (Å²) in [6.07, 6.45) is 1.87. The second kappa shape index (κ2) is 9.20. The molecule has 160 valence electrons. The summed E-state index contributed by atoms with van der Waals surface area (Å²) in [6, 6.07) is 13.2. The maximum Gasteiger partial charge on any atom is 0.236 e. The average molecular weight is 411 g/mol. The molecule has 0 radical (unpaired) electrons. The van der Waals surface area contributed by atoms with E-state index in [1.165, 1.54) is 0 Å². The fourth-order valence-corrected chi connectivity index (χ4v) is 3.44. The van der Waals surface area contributed by atoms with Gasteiger partial charge >= 0.3 is 0 Å². The highest BCUT2D eigenvalue weighted by atomic mass is 16.5. The van der Waals surface area contributed by atoms with Gasteiger partial charge in [-0.05, 0) is 56.5 Å². The van der Waals surface area contributed by atoms with Crippen molar-refractivity contribution < 1.29 is 19.1 Å². The Balaban J connectivity index is 1.68. The van der Waals surface area contributed by atoms with Crippen LogP contribution in [0, 0.1) is 5.41 Å². The van der Waals surface area contributed by atoms with Gasteiger partial charge in [-0.3, -0.25) is 9.59 Å². The molecule has 2 amide bonds. The fraction of sp³-hybridized carbons (Fsp3) is 0.417. The molecular weight excluding hydrogens is 380 g/mol. The van der Waals surface area contributed by atoms with Crippen molar-refractivity contribution in [3.05, 3.63) is 48.0 Å². The van der Waals surface area contributed by atoms with Gasteiger partial charge in [0.25, 0.3) is 0 Å².